The van der Waals surface area contributed by atoms with Crippen molar-refractivity contribution in [2.45, 2.75) is 96.5 Å². The molecule has 0 amide bonds. The molecule has 0 spiro atoms. The Morgan fingerprint density at radius 2 is 1.52 bits per heavy atom. The highest BCUT2D eigenvalue weighted by atomic mass is 16.4. The summed E-state index contributed by atoms with van der Waals surface area (Å²) in [5, 5.41) is 18.3. The van der Waals surface area contributed by atoms with Gasteiger partial charge in [0, 0.05) is 6.42 Å². The van der Waals surface area contributed by atoms with E-state index in [1.807, 2.05) is 0 Å². The molecule has 1 unspecified atom stereocenters. The summed E-state index contributed by atoms with van der Waals surface area (Å²) in [6.45, 7) is 2.23. The van der Waals surface area contributed by atoms with Crippen molar-refractivity contribution in [3.8, 4) is 0 Å². The van der Waals surface area contributed by atoms with Crippen LogP contribution >= 0.6 is 0 Å². The number of carboxylic acid groups (broad SMARTS) is 1. The highest BCUT2D eigenvalue weighted by Crippen LogP contribution is 2.11. The molecule has 0 saturated heterocycles. The van der Waals surface area contributed by atoms with Crippen LogP contribution in [0.3, 0.4) is 0 Å². The maximum atomic E-state index is 10.3. The predicted octanol–water partition coefficient (Wildman–Crippen LogP) is 5.08. The van der Waals surface area contributed by atoms with E-state index in [1.54, 1.807) is 0 Å². The smallest absolute Gasteiger partial charge is 0.303 e. The number of carbonyl (C=O) groups is 1. The van der Waals surface area contributed by atoms with Crippen LogP contribution in [0, 0.1) is 0 Å². The average Bonchev–Trinajstić information content (AvgIpc) is 2.45. The molecule has 124 valence electrons. The van der Waals surface area contributed by atoms with Gasteiger partial charge in [-0.15, -0.1) is 0 Å². The van der Waals surface area contributed by atoms with Gasteiger partial charge in [0.1, 0.15) is 0 Å². The number of hydrogen-bond donors (Lipinski definition) is 2. The van der Waals surface area contributed by atoms with E-state index in [-0.39, 0.29) is 12.5 Å². The quantitative estimate of drug-likeness (QED) is 0.327. The fourth-order valence-electron chi connectivity index (χ4n) is 2.37. The standard InChI is InChI=1S/C18H34O3/c1-2-3-4-5-6-7-8-9-11-14-17(19)15-12-10-13-16-18(20)21/h7-8,17,19H,2-6,9-16H2,1H3,(H,20,21)/b8-7+. The van der Waals surface area contributed by atoms with Crippen molar-refractivity contribution in [1.82, 2.24) is 0 Å². The van der Waals surface area contributed by atoms with Gasteiger partial charge in [0.05, 0.1) is 6.10 Å². The third kappa shape index (κ3) is 17.1. The van der Waals surface area contributed by atoms with Gasteiger partial charge in [0.15, 0.2) is 0 Å². The molecule has 0 aromatic rings. The van der Waals surface area contributed by atoms with Gasteiger partial charge in [0.2, 0.25) is 0 Å². The molecule has 0 aromatic heterocycles. The van der Waals surface area contributed by atoms with Gasteiger partial charge in [-0.3, -0.25) is 4.79 Å². The van der Waals surface area contributed by atoms with Gasteiger partial charge in [-0.1, -0.05) is 51.2 Å². The van der Waals surface area contributed by atoms with Crippen LogP contribution in [-0.4, -0.2) is 22.3 Å². The van der Waals surface area contributed by atoms with Crippen LogP contribution in [0.1, 0.15) is 90.4 Å². The molecule has 1 atom stereocenters. The Morgan fingerprint density at radius 1 is 0.905 bits per heavy atom. The largest absolute Gasteiger partial charge is 0.481 e. The number of allylic oxidation sites excluding steroid dienone is 2. The maximum absolute atomic E-state index is 10.3. The normalized spacial score (nSPS) is 12.9. The van der Waals surface area contributed by atoms with E-state index in [0.717, 1.165) is 44.9 Å². The van der Waals surface area contributed by atoms with Crippen LogP contribution in [-0.2, 0) is 4.79 Å². The van der Waals surface area contributed by atoms with Gasteiger partial charge in [-0.2, -0.15) is 0 Å². The molecule has 0 aromatic carbocycles. The first kappa shape index (κ1) is 20.2. The Balaban J connectivity index is 3.27. The van der Waals surface area contributed by atoms with Crippen LogP contribution < -0.4 is 0 Å². The SMILES string of the molecule is CCCCCC/C=C/CCCC(O)CCCCCC(=O)O. The summed E-state index contributed by atoms with van der Waals surface area (Å²) < 4.78 is 0. The summed E-state index contributed by atoms with van der Waals surface area (Å²) in [7, 11) is 0. The summed E-state index contributed by atoms with van der Waals surface area (Å²) in [6, 6.07) is 0. The number of hydrogen-bond acceptors (Lipinski definition) is 2. The summed E-state index contributed by atoms with van der Waals surface area (Å²) in [4.78, 5) is 10.3. The van der Waals surface area contributed by atoms with Crippen molar-refractivity contribution in [3.63, 3.8) is 0 Å². The maximum Gasteiger partial charge on any atom is 0.303 e. The van der Waals surface area contributed by atoms with Crippen molar-refractivity contribution >= 4 is 5.97 Å². The van der Waals surface area contributed by atoms with Crippen molar-refractivity contribution < 1.29 is 15.0 Å². The fourth-order valence-corrected chi connectivity index (χ4v) is 2.37. The topological polar surface area (TPSA) is 57.5 Å². The molecule has 0 radical (unpaired) electrons. The molecule has 0 aliphatic rings. The van der Waals surface area contributed by atoms with Crippen LogP contribution in [0.15, 0.2) is 12.2 Å². The molecule has 0 saturated carbocycles. The molecular weight excluding hydrogens is 264 g/mol. The first-order valence-electron chi connectivity index (χ1n) is 8.71. The molecule has 0 aliphatic carbocycles. The third-order valence-corrected chi connectivity index (χ3v) is 3.73. The summed E-state index contributed by atoms with van der Waals surface area (Å²) in [5.74, 6) is -0.725. The Hall–Kier alpha value is -0.830. The monoisotopic (exact) mass is 298 g/mol. The summed E-state index contributed by atoms with van der Waals surface area (Å²) in [6.07, 6.45) is 17.3. The van der Waals surface area contributed by atoms with E-state index >= 15 is 0 Å². The highest BCUT2D eigenvalue weighted by molar-refractivity contribution is 5.66. The number of aliphatic hydroxyl groups excluding tert-OH is 1. The number of aliphatic hydroxyl groups is 1. The number of aliphatic carboxylic acids is 1. The predicted molar refractivity (Wildman–Crippen MR) is 88.5 cm³/mol. The van der Waals surface area contributed by atoms with Crippen molar-refractivity contribution in [2.75, 3.05) is 0 Å². The molecule has 2 N–H and O–H groups in total. The average molecular weight is 298 g/mol. The molecular formula is C18H34O3. The molecule has 0 fully saturated rings. The Morgan fingerprint density at radius 3 is 2.19 bits per heavy atom. The first-order valence-corrected chi connectivity index (χ1v) is 8.71. The van der Waals surface area contributed by atoms with E-state index in [0.29, 0.717) is 0 Å². The minimum atomic E-state index is -0.725. The highest BCUT2D eigenvalue weighted by Gasteiger charge is 2.03. The number of rotatable bonds is 15. The molecule has 0 bridgehead atoms. The van der Waals surface area contributed by atoms with Crippen LogP contribution in [0.5, 0.6) is 0 Å². The van der Waals surface area contributed by atoms with Crippen molar-refractivity contribution in [2.24, 2.45) is 0 Å². The van der Waals surface area contributed by atoms with E-state index in [2.05, 4.69) is 19.1 Å². The zero-order valence-corrected chi connectivity index (χ0v) is 13.7. The lowest BCUT2D eigenvalue weighted by Crippen LogP contribution is -2.05. The van der Waals surface area contributed by atoms with E-state index < -0.39 is 5.97 Å². The summed E-state index contributed by atoms with van der Waals surface area (Å²) >= 11 is 0. The molecule has 21 heavy (non-hydrogen) atoms. The zero-order chi connectivity index (χ0) is 15.8. The molecule has 0 heterocycles. The minimum Gasteiger partial charge on any atom is -0.481 e. The van der Waals surface area contributed by atoms with Gasteiger partial charge in [-0.05, 0) is 44.9 Å². The molecule has 0 rings (SSSR count). The van der Waals surface area contributed by atoms with Crippen LogP contribution in [0.25, 0.3) is 0 Å². The molecule has 3 heteroatoms. The van der Waals surface area contributed by atoms with Crippen LogP contribution in [0.4, 0.5) is 0 Å². The third-order valence-electron chi connectivity index (χ3n) is 3.73. The van der Waals surface area contributed by atoms with Gasteiger partial charge in [-0.25, -0.2) is 0 Å². The Labute approximate surface area is 130 Å². The lowest BCUT2D eigenvalue weighted by Gasteiger charge is -2.09. The molecule has 0 aliphatic heterocycles. The van der Waals surface area contributed by atoms with Gasteiger partial charge in [0.25, 0.3) is 0 Å². The fraction of sp³-hybridized carbons (Fsp3) is 0.833. The van der Waals surface area contributed by atoms with Gasteiger partial charge < -0.3 is 10.2 Å². The first-order chi connectivity index (χ1) is 10.2. The minimum absolute atomic E-state index is 0.215. The second-order valence-electron chi connectivity index (χ2n) is 5.90. The lowest BCUT2D eigenvalue weighted by molar-refractivity contribution is -0.137. The Kier molecular flexibility index (Phi) is 14.9. The van der Waals surface area contributed by atoms with E-state index in [1.165, 1.54) is 32.1 Å². The van der Waals surface area contributed by atoms with Crippen molar-refractivity contribution in [3.05, 3.63) is 12.2 Å². The number of carboxylic acids is 1. The van der Waals surface area contributed by atoms with Gasteiger partial charge >= 0.3 is 5.97 Å². The van der Waals surface area contributed by atoms with E-state index in [4.69, 9.17) is 5.11 Å². The lowest BCUT2D eigenvalue weighted by atomic mass is 10.0. The zero-order valence-electron chi connectivity index (χ0n) is 13.7. The number of unbranched alkanes of at least 4 members (excludes halogenated alkanes) is 7. The summed E-state index contributed by atoms with van der Waals surface area (Å²) in [5.41, 5.74) is 0. The second kappa shape index (κ2) is 15.6. The van der Waals surface area contributed by atoms with Crippen LogP contribution in [0.2, 0.25) is 0 Å². The van der Waals surface area contributed by atoms with E-state index in [9.17, 15) is 9.90 Å². The second-order valence-corrected chi connectivity index (χ2v) is 5.90. The Bertz CT molecular complexity index is 261. The molecule has 3 nitrogen and oxygen atoms in total. The van der Waals surface area contributed by atoms with Crippen molar-refractivity contribution in [1.29, 1.82) is 0 Å².